The van der Waals surface area contributed by atoms with E-state index in [2.05, 4.69) is 5.32 Å². The Morgan fingerprint density at radius 1 is 1.37 bits per heavy atom. The van der Waals surface area contributed by atoms with Crippen molar-refractivity contribution < 1.29 is 13.2 Å². The smallest absolute Gasteiger partial charge is 0.253 e. The number of alkyl halides is 1. The maximum absolute atomic E-state index is 12.1. The molecule has 0 radical (unpaired) electrons. The van der Waals surface area contributed by atoms with Gasteiger partial charge >= 0.3 is 0 Å². The number of amides is 1. The number of hydrogen-bond donors (Lipinski definition) is 1. The van der Waals surface area contributed by atoms with Crippen molar-refractivity contribution >= 4 is 38.9 Å². The Morgan fingerprint density at radius 2 is 2.05 bits per heavy atom. The predicted octanol–water partition coefficient (Wildman–Crippen LogP) is 1.78. The van der Waals surface area contributed by atoms with Crippen molar-refractivity contribution in [3.63, 3.8) is 0 Å². The van der Waals surface area contributed by atoms with Crippen LogP contribution in [0.15, 0.2) is 18.2 Å². The molecule has 2 unspecified atom stereocenters. The zero-order valence-corrected chi connectivity index (χ0v) is 12.5. The molecule has 2 atom stereocenters. The van der Waals surface area contributed by atoms with Crippen molar-refractivity contribution in [2.45, 2.75) is 18.3 Å². The van der Waals surface area contributed by atoms with Crippen molar-refractivity contribution in [1.29, 1.82) is 0 Å². The summed E-state index contributed by atoms with van der Waals surface area (Å²) in [5.74, 6) is -0.640. The van der Waals surface area contributed by atoms with Gasteiger partial charge in [-0.05, 0) is 18.6 Å². The highest BCUT2D eigenvalue weighted by atomic mass is 35.5. The number of nitrogens with one attached hydrogen (secondary N) is 1. The van der Waals surface area contributed by atoms with E-state index in [1.165, 1.54) is 0 Å². The van der Waals surface area contributed by atoms with E-state index >= 15 is 0 Å². The van der Waals surface area contributed by atoms with Crippen molar-refractivity contribution in [3.8, 4) is 0 Å². The Hall–Kier alpha value is -0.780. The number of aryl methyl sites for hydroxylation is 1. The molecule has 0 bridgehead atoms. The molecular weight excluding hydrogens is 309 g/mol. The number of hydrogen-bond acceptors (Lipinski definition) is 3. The van der Waals surface area contributed by atoms with Crippen LogP contribution in [0.2, 0.25) is 5.02 Å². The molecule has 1 aliphatic rings. The molecule has 2 rings (SSSR count). The first-order valence-corrected chi connectivity index (χ1v) is 8.34. The second-order valence-corrected chi connectivity index (χ2v) is 7.70. The first-order chi connectivity index (χ1) is 8.80. The molecule has 1 aromatic rings. The zero-order chi connectivity index (χ0) is 14.2. The van der Waals surface area contributed by atoms with E-state index in [1.54, 1.807) is 25.1 Å². The lowest BCUT2D eigenvalue weighted by molar-refractivity contribution is 0.0941. The minimum atomic E-state index is -3.17. The van der Waals surface area contributed by atoms with Crippen LogP contribution in [0, 0.1) is 6.92 Å². The Kier molecular flexibility index (Phi) is 4.08. The van der Waals surface area contributed by atoms with Gasteiger partial charge in [0, 0.05) is 0 Å². The number of halogens is 2. The maximum atomic E-state index is 12.1. The van der Waals surface area contributed by atoms with Crippen LogP contribution in [0.1, 0.15) is 15.9 Å². The average molecular weight is 322 g/mol. The summed E-state index contributed by atoms with van der Waals surface area (Å²) in [4.78, 5) is 12.1. The first kappa shape index (κ1) is 14.6. The molecule has 1 aliphatic heterocycles. The zero-order valence-electron chi connectivity index (χ0n) is 10.2. The Bertz CT molecular complexity index is 615. The third kappa shape index (κ3) is 3.22. The lowest BCUT2D eigenvalue weighted by atomic mass is 10.1. The second kappa shape index (κ2) is 5.31. The Balaban J connectivity index is 2.16. The average Bonchev–Trinajstić information content (AvgIpc) is 2.55. The van der Waals surface area contributed by atoms with Gasteiger partial charge in [0.05, 0.1) is 33.5 Å². The molecule has 0 spiro atoms. The number of benzene rings is 1. The minimum absolute atomic E-state index is 0.110. The third-order valence-electron chi connectivity index (χ3n) is 3.04. The summed E-state index contributed by atoms with van der Waals surface area (Å²) in [5.41, 5.74) is 1.12. The summed E-state index contributed by atoms with van der Waals surface area (Å²) in [5, 5.41) is 2.40. The standard InChI is InChI=1S/C12H13Cl2NO3S/c1-7-3-2-4-8(11(7)14)12(16)15-10-6-19(17,18)5-9(10)13/h2-4,9-10H,5-6H2,1H3,(H,15,16). The summed E-state index contributed by atoms with van der Waals surface area (Å²) in [6, 6.07) is 4.54. The quantitative estimate of drug-likeness (QED) is 0.844. The fourth-order valence-electron chi connectivity index (χ4n) is 2.01. The van der Waals surface area contributed by atoms with Gasteiger partial charge in [-0.3, -0.25) is 4.79 Å². The lowest BCUT2D eigenvalue weighted by Gasteiger charge is -2.15. The van der Waals surface area contributed by atoms with Gasteiger partial charge in [0.1, 0.15) is 0 Å². The number of rotatable bonds is 2. The third-order valence-corrected chi connectivity index (χ3v) is 5.91. The van der Waals surface area contributed by atoms with Crippen LogP contribution in [0.5, 0.6) is 0 Å². The normalized spacial score (nSPS) is 25.2. The van der Waals surface area contributed by atoms with Crippen LogP contribution < -0.4 is 5.32 Å². The fourth-order valence-corrected chi connectivity index (χ4v) is 4.77. The van der Waals surface area contributed by atoms with Gasteiger partial charge in [-0.15, -0.1) is 11.6 Å². The van der Waals surface area contributed by atoms with Crippen molar-refractivity contribution in [3.05, 3.63) is 34.3 Å². The van der Waals surface area contributed by atoms with Crippen LogP contribution in [0.3, 0.4) is 0 Å². The summed E-state index contributed by atoms with van der Waals surface area (Å²) < 4.78 is 22.9. The van der Waals surface area contributed by atoms with Crippen LogP contribution in [-0.4, -0.2) is 37.2 Å². The molecule has 1 saturated heterocycles. The van der Waals surface area contributed by atoms with Crippen LogP contribution in [-0.2, 0) is 9.84 Å². The van der Waals surface area contributed by atoms with Gasteiger partial charge in [0.2, 0.25) is 0 Å². The Labute approximate surface area is 122 Å². The largest absolute Gasteiger partial charge is 0.347 e. The van der Waals surface area contributed by atoms with Crippen LogP contribution >= 0.6 is 23.2 Å². The molecule has 0 aliphatic carbocycles. The van der Waals surface area contributed by atoms with E-state index in [9.17, 15) is 13.2 Å². The molecule has 19 heavy (non-hydrogen) atoms. The fraction of sp³-hybridized carbons (Fsp3) is 0.417. The van der Waals surface area contributed by atoms with Crippen LogP contribution in [0.4, 0.5) is 0 Å². The summed E-state index contributed by atoms with van der Waals surface area (Å²) in [6.45, 7) is 1.80. The second-order valence-electron chi connectivity index (χ2n) is 4.61. The highest BCUT2D eigenvalue weighted by Crippen LogP contribution is 2.22. The summed E-state index contributed by atoms with van der Waals surface area (Å²) in [7, 11) is -3.17. The van der Waals surface area contributed by atoms with Gasteiger partial charge in [-0.1, -0.05) is 23.7 Å². The molecule has 1 heterocycles. The lowest BCUT2D eigenvalue weighted by Crippen LogP contribution is -2.40. The topological polar surface area (TPSA) is 63.2 Å². The van der Waals surface area contributed by atoms with Gasteiger partial charge in [0.25, 0.3) is 5.91 Å². The van der Waals surface area contributed by atoms with E-state index in [0.717, 1.165) is 5.56 Å². The highest BCUT2D eigenvalue weighted by molar-refractivity contribution is 7.91. The van der Waals surface area contributed by atoms with E-state index in [0.29, 0.717) is 10.6 Å². The van der Waals surface area contributed by atoms with Crippen molar-refractivity contribution in [1.82, 2.24) is 5.32 Å². The predicted molar refractivity (Wildman–Crippen MR) is 75.7 cm³/mol. The molecule has 4 nitrogen and oxygen atoms in total. The number of carbonyl (C=O) groups is 1. The number of sulfone groups is 1. The molecule has 1 fully saturated rings. The SMILES string of the molecule is Cc1cccc(C(=O)NC2CS(=O)(=O)CC2Cl)c1Cl. The highest BCUT2D eigenvalue weighted by Gasteiger charge is 2.37. The van der Waals surface area contributed by atoms with E-state index in [4.69, 9.17) is 23.2 Å². The molecule has 7 heteroatoms. The van der Waals surface area contributed by atoms with Gasteiger partial charge in [-0.25, -0.2) is 8.42 Å². The van der Waals surface area contributed by atoms with Gasteiger partial charge in [0.15, 0.2) is 9.84 Å². The monoisotopic (exact) mass is 321 g/mol. The van der Waals surface area contributed by atoms with Gasteiger partial charge in [-0.2, -0.15) is 0 Å². The van der Waals surface area contributed by atoms with Gasteiger partial charge < -0.3 is 5.32 Å². The minimum Gasteiger partial charge on any atom is -0.347 e. The summed E-state index contributed by atoms with van der Waals surface area (Å²) in [6.07, 6.45) is 0. The summed E-state index contributed by atoms with van der Waals surface area (Å²) >= 11 is 12.0. The van der Waals surface area contributed by atoms with E-state index < -0.39 is 27.2 Å². The molecule has 104 valence electrons. The van der Waals surface area contributed by atoms with Crippen molar-refractivity contribution in [2.75, 3.05) is 11.5 Å². The number of carbonyl (C=O) groups excluding carboxylic acids is 1. The molecule has 1 aromatic carbocycles. The van der Waals surface area contributed by atoms with E-state index in [-0.39, 0.29) is 11.5 Å². The Morgan fingerprint density at radius 3 is 2.63 bits per heavy atom. The molecule has 0 aromatic heterocycles. The maximum Gasteiger partial charge on any atom is 0.253 e. The molecule has 0 saturated carbocycles. The van der Waals surface area contributed by atoms with Crippen LogP contribution in [0.25, 0.3) is 0 Å². The molecular formula is C12H13Cl2NO3S. The van der Waals surface area contributed by atoms with Crippen molar-refractivity contribution in [2.24, 2.45) is 0 Å². The van der Waals surface area contributed by atoms with E-state index in [1.807, 2.05) is 0 Å². The first-order valence-electron chi connectivity index (χ1n) is 5.70. The molecule has 1 amide bonds. The molecule has 1 N–H and O–H groups in total.